The minimum atomic E-state index is -1.08. The second-order valence-corrected chi connectivity index (χ2v) is 5.13. The van der Waals surface area contributed by atoms with Gasteiger partial charge in [0.25, 0.3) is 0 Å². The van der Waals surface area contributed by atoms with E-state index in [0.29, 0.717) is 12.4 Å². The smallest absolute Gasteiger partial charge is 0.356 e. The fourth-order valence-electron chi connectivity index (χ4n) is 1.92. The molecule has 5 nitrogen and oxygen atoms in total. The quantitative estimate of drug-likeness (QED) is 0.770. The van der Waals surface area contributed by atoms with Crippen LogP contribution in [0.2, 0.25) is 0 Å². The third kappa shape index (κ3) is 2.46. The van der Waals surface area contributed by atoms with Crippen LogP contribution in [0.3, 0.4) is 0 Å². The number of carbonyl (C=O) groups is 1. The Morgan fingerprint density at radius 2 is 2.10 bits per heavy atom. The number of carboxylic acids is 1. The van der Waals surface area contributed by atoms with Gasteiger partial charge in [0.05, 0.1) is 0 Å². The lowest BCUT2D eigenvalue weighted by molar-refractivity contribution is 0.0689. The number of benzene rings is 1. The summed E-state index contributed by atoms with van der Waals surface area (Å²) in [6.45, 7) is 0.624. The van der Waals surface area contributed by atoms with Crippen LogP contribution in [-0.4, -0.2) is 21.3 Å². The summed E-state index contributed by atoms with van der Waals surface area (Å²) in [4.78, 5) is 10.7. The molecule has 0 atom stereocenters. The van der Waals surface area contributed by atoms with Crippen molar-refractivity contribution in [2.45, 2.75) is 6.54 Å². The van der Waals surface area contributed by atoms with Crippen molar-refractivity contribution in [3.8, 4) is 0 Å². The minimum absolute atomic E-state index is 0.0593. The molecule has 0 saturated carbocycles. The maximum absolute atomic E-state index is 10.7. The summed E-state index contributed by atoms with van der Waals surface area (Å²) in [5, 5.41) is 22.7. The molecule has 3 rings (SSSR count). The Balaban J connectivity index is 1.76. The van der Waals surface area contributed by atoms with E-state index in [0.717, 1.165) is 0 Å². The molecule has 0 fully saturated rings. The summed E-state index contributed by atoms with van der Waals surface area (Å²) in [7, 11) is 0. The molecule has 1 aromatic carbocycles. The van der Waals surface area contributed by atoms with Gasteiger partial charge in [-0.15, -0.1) is 21.5 Å². The maximum Gasteiger partial charge on any atom is 0.356 e. The molecule has 2 aromatic heterocycles. The second kappa shape index (κ2) is 5.26. The Morgan fingerprint density at radius 1 is 1.20 bits per heavy atom. The van der Waals surface area contributed by atoms with Gasteiger partial charge in [0.2, 0.25) is 0 Å². The highest BCUT2D eigenvalue weighted by atomic mass is 32.1. The van der Waals surface area contributed by atoms with Crippen molar-refractivity contribution >= 4 is 33.2 Å². The molecule has 0 spiro atoms. The molecule has 20 heavy (non-hydrogen) atoms. The first-order valence-corrected chi connectivity index (χ1v) is 6.88. The van der Waals surface area contributed by atoms with E-state index >= 15 is 0 Å². The van der Waals surface area contributed by atoms with Crippen molar-refractivity contribution in [1.82, 2.24) is 10.2 Å². The molecule has 0 radical (unpaired) electrons. The number of hydrogen-bond acceptors (Lipinski definition) is 5. The van der Waals surface area contributed by atoms with Gasteiger partial charge in [-0.05, 0) is 34.5 Å². The van der Waals surface area contributed by atoms with Gasteiger partial charge in [-0.2, -0.15) is 0 Å². The number of aromatic nitrogens is 2. The molecule has 6 heteroatoms. The van der Waals surface area contributed by atoms with E-state index < -0.39 is 5.97 Å². The zero-order chi connectivity index (χ0) is 13.9. The molecule has 100 valence electrons. The Kier molecular flexibility index (Phi) is 3.30. The second-order valence-electron chi connectivity index (χ2n) is 4.22. The number of carboxylic acid groups (broad SMARTS) is 1. The zero-order valence-corrected chi connectivity index (χ0v) is 11.2. The lowest BCUT2D eigenvalue weighted by Crippen LogP contribution is -2.06. The first-order chi connectivity index (χ1) is 9.74. The van der Waals surface area contributed by atoms with Gasteiger partial charge in [0.1, 0.15) is 5.82 Å². The number of thiophene rings is 1. The summed E-state index contributed by atoms with van der Waals surface area (Å²) in [6.07, 6.45) is 0. The Bertz CT molecular complexity index is 752. The van der Waals surface area contributed by atoms with Crippen LogP contribution in [0.4, 0.5) is 5.82 Å². The Hall–Kier alpha value is -2.47. The molecule has 0 aliphatic carbocycles. The molecule has 0 bridgehead atoms. The molecule has 2 heterocycles. The van der Waals surface area contributed by atoms with Crippen LogP contribution in [-0.2, 0) is 6.54 Å². The lowest BCUT2D eigenvalue weighted by atomic mass is 10.1. The van der Waals surface area contributed by atoms with Crippen molar-refractivity contribution in [1.29, 1.82) is 0 Å². The van der Waals surface area contributed by atoms with E-state index in [2.05, 4.69) is 39.1 Å². The Labute approximate surface area is 118 Å². The molecule has 0 unspecified atom stereocenters. The summed E-state index contributed by atoms with van der Waals surface area (Å²) in [6, 6.07) is 11.3. The molecule has 0 amide bonds. The number of nitrogens with one attached hydrogen (secondary N) is 1. The van der Waals surface area contributed by atoms with E-state index in [1.807, 2.05) is 6.07 Å². The van der Waals surface area contributed by atoms with Gasteiger partial charge >= 0.3 is 5.97 Å². The van der Waals surface area contributed by atoms with Crippen LogP contribution in [0.1, 0.15) is 16.1 Å². The van der Waals surface area contributed by atoms with E-state index in [4.69, 9.17) is 5.11 Å². The van der Waals surface area contributed by atoms with Gasteiger partial charge in [-0.1, -0.05) is 18.2 Å². The zero-order valence-electron chi connectivity index (χ0n) is 10.4. The summed E-state index contributed by atoms with van der Waals surface area (Å²) >= 11 is 1.70. The van der Waals surface area contributed by atoms with Crippen LogP contribution in [0.5, 0.6) is 0 Å². The van der Waals surface area contributed by atoms with Crippen molar-refractivity contribution in [2.75, 3.05) is 5.32 Å². The van der Waals surface area contributed by atoms with Gasteiger partial charge in [0, 0.05) is 11.2 Å². The number of hydrogen-bond donors (Lipinski definition) is 2. The van der Waals surface area contributed by atoms with Gasteiger partial charge in [-0.25, -0.2) is 4.79 Å². The van der Waals surface area contributed by atoms with Crippen molar-refractivity contribution in [2.24, 2.45) is 0 Å². The third-order valence-corrected chi connectivity index (χ3v) is 3.91. The fourth-order valence-corrected chi connectivity index (χ4v) is 2.84. The van der Waals surface area contributed by atoms with Crippen molar-refractivity contribution in [3.05, 3.63) is 53.0 Å². The van der Waals surface area contributed by atoms with Gasteiger partial charge in [-0.3, -0.25) is 0 Å². The fraction of sp³-hybridized carbons (Fsp3) is 0.0714. The molecular formula is C14H11N3O2S. The topological polar surface area (TPSA) is 75.1 Å². The molecular weight excluding hydrogens is 274 g/mol. The number of fused-ring (bicyclic) bond motifs is 1. The van der Waals surface area contributed by atoms with E-state index in [9.17, 15) is 4.79 Å². The van der Waals surface area contributed by atoms with Crippen LogP contribution in [0.25, 0.3) is 10.1 Å². The average molecular weight is 285 g/mol. The predicted octanol–water partition coefficient (Wildman–Crippen LogP) is 3.00. The molecule has 2 N–H and O–H groups in total. The summed E-state index contributed by atoms with van der Waals surface area (Å²) < 4.78 is 1.25. The number of aromatic carboxylic acids is 1. The normalized spacial score (nSPS) is 10.6. The van der Waals surface area contributed by atoms with Crippen LogP contribution in [0, 0.1) is 0 Å². The minimum Gasteiger partial charge on any atom is -0.476 e. The van der Waals surface area contributed by atoms with E-state index in [-0.39, 0.29) is 5.69 Å². The Morgan fingerprint density at radius 3 is 2.85 bits per heavy atom. The molecule has 0 saturated heterocycles. The highest BCUT2D eigenvalue weighted by Gasteiger charge is 2.06. The summed E-state index contributed by atoms with van der Waals surface area (Å²) in [5.41, 5.74) is 1.12. The van der Waals surface area contributed by atoms with Crippen LogP contribution >= 0.6 is 11.3 Å². The average Bonchev–Trinajstić information content (AvgIpc) is 2.94. The third-order valence-electron chi connectivity index (χ3n) is 2.90. The first-order valence-electron chi connectivity index (χ1n) is 6.00. The number of rotatable bonds is 4. The largest absolute Gasteiger partial charge is 0.476 e. The first kappa shape index (κ1) is 12.6. The molecule has 0 aliphatic heterocycles. The highest BCUT2D eigenvalue weighted by molar-refractivity contribution is 7.17. The van der Waals surface area contributed by atoms with Crippen LogP contribution < -0.4 is 5.32 Å². The van der Waals surface area contributed by atoms with Crippen LogP contribution in [0.15, 0.2) is 41.8 Å². The van der Waals surface area contributed by atoms with Gasteiger partial charge in [0.15, 0.2) is 5.69 Å². The maximum atomic E-state index is 10.7. The number of nitrogens with zero attached hydrogens (tertiary/aromatic N) is 2. The predicted molar refractivity (Wildman–Crippen MR) is 78.1 cm³/mol. The number of anilines is 1. The van der Waals surface area contributed by atoms with Crippen molar-refractivity contribution < 1.29 is 9.90 Å². The van der Waals surface area contributed by atoms with E-state index in [1.165, 1.54) is 21.7 Å². The summed E-state index contributed by atoms with van der Waals surface area (Å²) in [5.74, 6) is -0.518. The molecule has 3 aromatic rings. The van der Waals surface area contributed by atoms with Crippen molar-refractivity contribution in [3.63, 3.8) is 0 Å². The standard InChI is InChI=1S/C14H11N3O2S/c18-14(19)11-4-5-12(17-16-11)15-8-10-3-1-2-9-6-7-20-13(9)10/h1-7H,8H2,(H,15,17)(H,18,19). The monoisotopic (exact) mass is 285 g/mol. The lowest BCUT2D eigenvalue weighted by Gasteiger charge is -2.06. The SMILES string of the molecule is O=C(O)c1ccc(NCc2cccc3ccsc23)nn1. The molecule has 0 aliphatic rings. The van der Waals surface area contributed by atoms with Gasteiger partial charge < -0.3 is 10.4 Å². The highest BCUT2D eigenvalue weighted by Crippen LogP contribution is 2.25. The van der Waals surface area contributed by atoms with E-state index in [1.54, 1.807) is 17.4 Å².